The Hall–Kier alpha value is -2.76. The molecule has 26 heavy (non-hydrogen) atoms. The van der Waals surface area contributed by atoms with Crippen molar-refractivity contribution < 1.29 is 18.4 Å². The molecule has 1 heterocycles. The van der Waals surface area contributed by atoms with Crippen molar-refractivity contribution in [2.24, 2.45) is 5.92 Å². The smallest absolute Gasteiger partial charge is 0.225 e. The number of nitrogens with one attached hydrogen (secondary N) is 1. The number of amides is 2. The van der Waals surface area contributed by atoms with Crippen molar-refractivity contribution in [3.8, 4) is 0 Å². The monoisotopic (exact) mass is 358 g/mol. The Balaban J connectivity index is 1.50. The first-order valence-corrected chi connectivity index (χ1v) is 8.55. The zero-order valence-corrected chi connectivity index (χ0v) is 14.3. The summed E-state index contributed by atoms with van der Waals surface area (Å²) in [5.74, 6) is -2.12. The van der Waals surface area contributed by atoms with Crippen LogP contribution in [0.1, 0.15) is 17.5 Å². The van der Waals surface area contributed by atoms with Crippen LogP contribution < -0.4 is 5.32 Å². The normalized spacial score (nSPS) is 16.8. The Labute approximate surface area is 150 Å². The summed E-state index contributed by atoms with van der Waals surface area (Å²) in [6.45, 7) is 0.971. The van der Waals surface area contributed by atoms with Crippen molar-refractivity contribution in [2.45, 2.75) is 19.4 Å². The fraction of sp³-hybridized carbons (Fsp3) is 0.300. The van der Waals surface area contributed by atoms with E-state index in [0.717, 1.165) is 18.1 Å². The summed E-state index contributed by atoms with van der Waals surface area (Å²) in [5, 5.41) is 2.66. The Morgan fingerprint density at radius 1 is 1.08 bits per heavy atom. The largest absolute Gasteiger partial charge is 0.352 e. The molecule has 136 valence electrons. The van der Waals surface area contributed by atoms with Gasteiger partial charge in [-0.3, -0.25) is 9.59 Å². The minimum Gasteiger partial charge on any atom is -0.352 e. The predicted octanol–water partition coefficient (Wildman–Crippen LogP) is 2.67. The van der Waals surface area contributed by atoms with Crippen LogP contribution in [0.2, 0.25) is 0 Å². The molecule has 0 saturated carbocycles. The number of halogens is 2. The zero-order chi connectivity index (χ0) is 18.5. The van der Waals surface area contributed by atoms with E-state index in [2.05, 4.69) is 5.32 Å². The maximum Gasteiger partial charge on any atom is 0.225 e. The van der Waals surface area contributed by atoms with E-state index >= 15 is 0 Å². The van der Waals surface area contributed by atoms with E-state index in [9.17, 15) is 18.4 Å². The molecule has 1 aliphatic rings. The number of carbonyl (C=O) groups excluding carboxylic acids is 2. The second-order valence-electron chi connectivity index (χ2n) is 6.47. The standard InChI is InChI=1S/C20H20F2N2O2/c21-17-8-15(9-18(22)11-17)12-23-20(26)16-10-19(25)24(13-16)7-6-14-4-2-1-3-5-14/h1-5,8-9,11,16H,6-7,10,12-13H2,(H,23,26)/t16-/m1/s1. The minimum atomic E-state index is -0.683. The summed E-state index contributed by atoms with van der Waals surface area (Å²) >= 11 is 0. The number of nitrogens with zero attached hydrogens (tertiary/aromatic N) is 1. The third-order valence-electron chi connectivity index (χ3n) is 4.49. The summed E-state index contributed by atoms with van der Waals surface area (Å²) in [5.41, 5.74) is 1.49. The van der Waals surface area contributed by atoms with Gasteiger partial charge in [-0.25, -0.2) is 8.78 Å². The van der Waals surface area contributed by atoms with Gasteiger partial charge >= 0.3 is 0 Å². The molecule has 1 fully saturated rings. The van der Waals surface area contributed by atoms with E-state index in [1.54, 1.807) is 4.90 Å². The fourth-order valence-corrected chi connectivity index (χ4v) is 3.12. The summed E-state index contributed by atoms with van der Waals surface area (Å²) in [6.07, 6.45) is 0.904. The van der Waals surface area contributed by atoms with Gasteiger partial charge in [-0.2, -0.15) is 0 Å². The highest BCUT2D eigenvalue weighted by atomic mass is 19.1. The van der Waals surface area contributed by atoms with Gasteiger partial charge in [0.25, 0.3) is 0 Å². The topological polar surface area (TPSA) is 49.4 Å². The number of benzene rings is 2. The first-order chi connectivity index (χ1) is 12.5. The van der Waals surface area contributed by atoms with E-state index in [1.807, 2.05) is 30.3 Å². The molecule has 1 aliphatic heterocycles. The fourth-order valence-electron chi connectivity index (χ4n) is 3.12. The molecule has 3 rings (SSSR count). The quantitative estimate of drug-likeness (QED) is 0.863. The maximum absolute atomic E-state index is 13.2. The van der Waals surface area contributed by atoms with Crippen molar-refractivity contribution in [3.05, 3.63) is 71.3 Å². The molecule has 0 aromatic heterocycles. The highest BCUT2D eigenvalue weighted by molar-refractivity contribution is 5.89. The number of carbonyl (C=O) groups is 2. The van der Waals surface area contributed by atoms with Gasteiger partial charge < -0.3 is 10.2 Å². The Bertz CT molecular complexity index is 775. The van der Waals surface area contributed by atoms with Gasteiger partial charge in [0.1, 0.15) is 11.6 Å². The minimum absolute atomic E-state index is 0.0300. The van der Waals surface area contributed by atoms with Crippen molar-refractivity contribution in [3.63, 3.8) is 0 Å². The van der Waals surface area contributed by atoms with Gasteiger partial charge in [0.05, 0.1) is 5.92 Å². The molecule has 0 radical (unpaired) electrons. The van der Waals surface area contributed by atoms with Gasteiger partial charge in [-0.1, -0.05) is 30.3 Å². The third-order valence-corrected chi connectivity index (χ3v) is 4.49. The average molecular weight is 358 g/mol. The SMILES string of the molecule is O=C(NCc1cc(F)cc(F)c1)[C@@H]1CC(=O)N(CCc2ccccc2)C1. The number of hydrogen-bond donors (Lipinski definition) is 1. The van der Waals surface area contributed by atoms with E-state index in [-0.39, 0.29) is 24.8 Å². The van der Waals surface area contributed by atoms with Crippen molar-refractivity contribution in [1.29, 1.82) is 0 Å². The lowest BCUT2D eigenvalue weighted by molar-refractivity contribution is -0.129. The number of likely N-dealkylation sites (tertiary alicyclic amines) is 1. The summed E-state index contributed by atoms with van der Waals surface area (Å²) < 4.78 is 26.4. The Kier molecular flexibility index (Phi) is 5.61. The van der Waals surface area contributed by atoms with Crippen LogP contribution in [0.25, 0.3) is 0 Å². The molecule has 2 aromatic carbocycles. The molecular weight excluding hydrogens is 338 g/mol. The van der Waals surface area contributed by atoms with Crippen molar-refractivity contribution in [1.82, 2.24) is 10.2 Å². The molecule has 2 aromatic rings. The highest BCUT2D eigenvalue weighted by Gasteiger charge is 2.33. The molecule has 6 heteroatoms. The molecule has 0 spiro atoms. The van der Waals surface area contributed by atoms with Crippen LogP contribution in [0.3, 0.4) is 0 Å². The molecule has 1 N–H and O–H groups in total. The molecule has 0 aliphatic carbocycles. The molecular formula is C20H20F2N2O2. The molecule has 0 bridgehead atoms. The van der Waals surface area contributed by atoms with Crippen molar-refractivity contribution >= 4 is 11.8 Å². The Morgan fingerprint density at radius 2 is 1.77 bits per heavy atom. The van der Waals surface area contributed by atoms with Crippen LogP contribution in [-0.2, 0) is 22.6 Å². The van der Waals surface area contributed by atoms with E-state index in [4.69, 9.17) is 0 Å². The van der Waals surface area contributed by atoms with Gasteiger partial charge in [0, 0.05) is 32.1 Å². The molecule has 4 nitrogen and oxygen atoms in total. The molecule has 1 atom stereocenters. The summed E-state index contributed by atoms with van der Waals surface area (Å²) in [6, 6.07) is 13.0. The van der Waals surface area contributed by atoms with Crippen LogP contribution in [-0.4, -0.2) is 29.8 Å². The van der Waals surface area contributed by atoms with Gasteiger partial charge in [-0.15, -0.1) is 0 Å². The van der Waals surface area contributed by atoms with Crippen LogP contribution in [0.4, 0.5) is 8.78 Å². The average Bonchev–Trinajstić information content (AvgIpc) is 2.99. The van der Waals surface area contributed by atoms with E-state index < -0.39 is 17.6 Å². The lowest BCUT2D eigenvalue weighted by Crippen LogP contribution is -2.33. The maximum atomic E-state index is 13.2. The lowest BCUT2D eigenvalue weighted by atomic mass is 10.1. The zero-order valence-electron chi connectivity index (χ0n) is 14.3. The van der Waals surface area contributed by atoms with E-state index in [1.165, 1.54) is 12.1 Å². The molecule has 1 saturated heterocycles. The van der Waals surface area contributed by atoms with Crippen LogP contribution in [0.15, 0.2) is 48.5 Å². The number of hydrogen-bond acceptors (Lipinski definition) is 2. The number of rotatable bonds is 6. The van der Waals surface area contributed by atoms with Crippen LogP contribution in [0.5, 0.6) is 0 Å². The van der Waals surface area contributed by atoms with Gasteiger partial charge in [-0.05, 0) is 29.7 Å². The molecule has 2 amide bonds. The predicted molar refractivity (Wildman–Crippen MR) is 93.0 cm³/mol. The highest BCUT2D eigenvalue weighted by Crippen LogP contribution is 2.19. The summed E-state index contributed by atoms with van der Waals surface area (Å²) in [7, 11) is 0. The second-order valence-corrected chi connectivity index (χ2v) is 6.47. The summed E-state index contributed by atoms with van der Waals surface area (Å²) in [4.78, 5) is 26.1. The van der Waals surface area contributed by atoms with Gasteiger partial charge in [0.2, 0.25) is 11.8 Å². The second kappa shape index (κ2) is 8.08. The Morgan fingerprint density at radius 3 is 2.46 bits per heavy atom. The van der Waals surface area contributed by atoms with Crippen molar-refractivity contribution in [2.75, 3.05) is 13.1 Å². The van der Waals surface area contributed by atoms with E-state index in [0.29, 0.717) is 18.7 Å². The first kappa shape index (κ1) is 18.0. The lowest BCUT2D eigenvalue weighted by Gasteiger charge is -2.16. The molecule has 0 unspecified atom stereocenters. The van der Waals surface area contributed by atoms with Crippen LogP contribution in [0, 0.1) is 17.6 Å². The first-order valence-electron chi connectivity index (χ1n) is 8.55. The van der Waals surface area contributed by atoms with Gasteiger partial charge in [0.15, 0.2) is 0 Å². The van der Waals surface area contributed by atoms with Crippen LogP contribution >= 0.6 is 0 Å². The third kappa shape index (κ3) is 4.65.